The molecule has 4 heteroatoms. The Kier molecular flexibility index (Phi) is 5.58. The third kappa shape index (κ3) is 3.22. The molecule has 3 unspecified atom stereocenters. The number of aryl methyl sites for hydroxylation is 2. The highest BCUT2D eigenvalue weighted by Crippen LogP contribution is 2.38. The van der Waals surface area contributed by atoms with Crippen molar-refractivity contribution in [2.45, 2.75) is 71.8 Å². The Balaban J connectivity index is 2.23. The van der Waals surface area contributed by atoms with Gasteiger partial charge in [0.25, 0.3) is 0 Å². The highest BCUT2D eigenvalue weighted by molar-refractivity contribution is 4.97. The van der Waals surface area contributed by atoms with Crippen molar-refractivity contribution in [1.82, 2.24) is 14.8 Å². The van der Waals surface area contributed by atoms with Gasteiger partial charge < -0.3 is 5.73 Å². The van der Waals surface area contributed by atoms with Gasteiger partial charge >= 0.3 is 0 Å². The van der Waals surface area contributed by atoms with Crippen LogP contribution in [0.2, 0.25) is 0 Å². The van der Waals surface area contributed by atoms with E-state index in [1.165, 1.54) is 32.1 Å². The monoisotopic (exact) mass is 278 g/mol. The minimum Gasteiger partial charge on any atom is -0.330 e. The van der Waals surface area contributed by atoms with E-state index in [0.717, 1.165) is 37.0 Å². The predicted molar refractivity (Wildman–Crippen MR) is 82.6 cm³/mol. The van der Waals surface area contributed by atoms with Crippen molar-refractivity contribution in [3.05, 3.63) is 11.6 Å². The number of hydrogen-bond acceptors (Lipinski definition) is 3. The summed E-state index contributed by atoms with van der Waals surface area (Å²) in [6.07, 6.45) is 8.31. The molecule has 1 saturated carbocycles. The van der Waals surface area contributed by atoms with Gasteiger partial charge in [0, 0.05) is 12.8 Å². The van der Waals surface area contributed by atoms with Gasteiger partial charge in [-0.3, -0.25) is 0 Å². The van der Waals surface area contributed by atoms with Crippen LogP contribution in [-0.4, -0.2) is 21.3 Å². The molecule has 1 heterocycles. The van der Waals surface area contributed by atoms with Gasteiger partial charge in [-0.05, 0) is 37.6 Å². The Morgan fingerprint density at radius 1 is 1.20 bits per heavy atom. The maximum absolute atomic E-state index is 6.02. The Labute approximate surface area is 123 Å². The van der Waals surface area contributed by atoms with Gasteiger partial charge in [0.05, 0.1) is 6.04 Å². The zero-order valence-electron chi connectivity index (χ0n) is 13.3. The average molecular weight is 278 g/mol. The number of aromatic nitrogens is 3. The standard InChI is InChI=1S/C16H30N4/c1-4-7-12-8-9-13(11-17)14(10-12)20-16(6-3)18-15(5-2)19-20/h12-14H,4-11,17H2,1-3H3. The van der Waals surface area contributed by atoms with Crippen LogP contribution in [0.25, 0.3) is 0 Å². The topological polar surface area (TPSA) is 56.7 Å². The summed E-state index contributed by atoms with van der Waals surface area (Å²) in [5.41, 5.74) is 6.02. The molecule has 0 spiro atoms. The number of rotatable bonds is 6. The SMILES string of the molecule is CCCC1CCC(CN)C(n2nc(CC)nc2CC)C1. The summed E-state index contributed by atoms with van der Waals surface area (Å²) in [5.74, 6) is 3.53. The molecule has 2 N–H and O–H groups in total. The van der Waals surface area contributed by atoms with Crippen molar-refractivity contribution in [1.29, 1.82) is 0 Å². The lowest BCUT2D eigenvalue weighted by Crippen LogP contribution is -2.33. The van der Waals surface area contributed by atoms with Crippen molar-refractivity contribution in [2.75, 3.05) is 6.54 Å². The first-order valence-electron chi connectivity index (χ1n) is 8.37. The van der Waals surface area contributed by atoms with E-state index in [-0.39, 0.29) is 0 Å². The molecule has 0 aliphatic heterocycles. The summed E-state index contributed by atoms with van der Waals surface area (Å²) in [5, 5.41) is 4.77. The third-order valence-electron chi connectivity index (χ3n) is 4.76. The third-order valence-corrected chi connectivity index (χ3v) is 4.76. The van der Waals surface area contributed by atoms with Crippen molar-refractivity contribution in [2.24, 2.45) is 17.6 Å². The lowest BCUT2D eigenvalue weighted by molar-refractivity contribution is 0.166. The van der Waals surface area contributed by atoms with Gasteiger partial charge in [-0.1, -0.05) is 33.6 Å². The largest absolute Gasteiger partial charge is 0.330 e. The molecule has 3 atom stereocenters. The zero-order valence-corrected chi connectivity index (χ0v) is 13.3. The van der Waals surface area contributed by atoms with E-state index in [4.69, 9.17) is 10.8 Å². The fourth-order valence-corrected chi connectivity index (χ4v) is 3.60. The average Bonchev–Trinajstić information content (AvgIpc) is 2.90. The summed E-state index contributed by atoms with van der Waals surface area (Å²) in [6, 6.07) is 0.466. The molecule has 2 rings (SSSR count). The predicted octanol–water partition coefficient (Wildman–Crippen LogP) is 3.12. The first-order chi connectivity index (χ1) is 9.73. The summed E-state index contributed by atoms with van der Waals surface area (Å²) in [7, 11) is 0. The van der Waals surface area contributed by atoms with Crippen LogP contribution < -0.4 is 5.73 Å². The summed E-state index contributed by atoms with van der Waals surface area (Å²) in [4.78, 5) is 4.67. The fraction of sp³-hybridized carbons (Fsp3) is 0.875. The van der Waals surface area contributed by atoms with Crippen molar-refractivity contribution in [3.8, 4) is 0 Å². The quantitative estimate of drug-likeness (QED) is 0.870. The van der Waals surface area contributed by atoms with Gasteiger partial charge in [-0.15, -0.1) is 0 Å². The number of nitrogens with two attached hydrogens (primary N) is 1. The Morgan fingerprint density at radius 2 is 2.00 bits per heavy atom. The normalized spacial score (nSPS) is 26.9. The highest BCUT2D eigenvalue weighted by atomic mass is 15.4. The lowest BCUT2D eigenvalue weighted by Gasteiger charge is -2.36. The minimum atomic E-state index is 0.466. The van der Waals surface area contributed by atoms with E-state index in [9.17, 15) is 0 Å². The van der Waals surface area contributed by atoms with Gasteiger partial charge in [0.1, 0.15) is 5.82 Å². The fourth-order valence-electron chi connectivity index (χ4n) is 3.60. The molecule has 4 nitrogen and oxygen atoms in total. The van der Waals surface area contributed by atoms with Crippen LogP contribution in [0.4, 0.5) is 0 Å². The molecule has 0 radical (unpaired) electrons. The van der Waals surface area contributed by atoms with Gasteiger partial charge in [0.2, 0.25) is 0 Å². The summed E-state index contributed by atoms with van der Waals surface area (Å²) in [6.45, 7) is 7.35. The van der Waals surface area contributed by atoms with E-state index >= 15 is 0 Å². The van der Waals surface area contributed by atoms with Crippen molar-refractivity contribution < 1.29 is 0 Å². The zero-order chi connectivity index (χ0) is 14.5. The van der Waals surface area contributed by atoms with E-state index in [0.29, 0.717) is 12.0 Å². The molecular weight excluding hydrogens is 248 g/mol. The van der Waals surface area contributed by atoms with E-state index in [1.54, 1.807) is 0 Å². The second-order valence-electron chi connectivity index (χ2n) is 6.13. The second kappa shape index (κ2) is 7.21. The highest BCUT2D eigenvalue weighted by Gasteiger charge is 2.32. The van der Waals surface area contributed by atoms with Crippen LogP contribution in [0.1, 0.15) is 70.6 Å². The molecule has 0 aromatic carbocycles. The van der Waals surface area contributed by atoms with Crippen LogP contribution >= 0.6 is 0 Å². The Morgan fingerprint density at radius 3 is 2.60 bits per heavy atom. The molecule has 0 bridgehead atoms. The molecule has 0 amide bonds. The molecule has 114 valence electrons. The molecule has 1 aromatic heterocycles. The van der Waals surface area contributed by atoms with Gasteiger partial charge in [-0.25, -0.2) is 9.67 Å². The van der Waals surface area contributed by atoms with E-state index < -0.39 is 0 Å². The van der Waals surface area contributed by atoms with Crippen molar-refractivity contribution >= 4 is 0 Å². The minimum absolute atomic E-state index is 0.466. The summed E-state index contributed by atoms with van der Waals surface area (Å²) >= 11 is 0. The van der Waals surface area contributed by atoms with Crippen LogP contribution in [0.3, 0.4) is 0 Å². The van der Waals surface area contributed by atoms with E-state index in [2.05, 4.69) is 30.4 Å². The lowest BCUT2D eigenvalue weighted by atomic mass is 9.76. The summed E-state index contributed by atoms with van der Waals surface area (Å²) < 4.78 is 2.22. The second-order valence-corrected chi connectivity index (χ2v) is 6.13. The molecule has 1 aliphatic carbocycles. The number of nitrogens with zero attached hydrogens (tertiary/aromatic N) is 3. The Bertz CT molecular complexity index is 413. The van der Waals surface area contributed by atoms with Gasteiger partial charge in [-0.2, -0.15) is 5.10 Å². The molecule has 1 fully saturated rings. The molecular formula is C16H30N4. The van der Waals surface area contributed by atoms with Crippen LogP contribution in [-0.2, 0) is 12.8 Å². The first kappa shape index (κ1) is 15.5. The van der Waals surface area contributed by atoms with Crippen LogP contribution in [0, 0.1) is 11.8 Å². The first-order valence-corrected chi connectivity index (χ1v) is 8.37. The van der Waals surface area contributed by atoms with Crippen LogP contribution in [0.5, 0.6) is 0 Å². The smallest absolute Gasteiger partial charge is 0.150 e. The van der Waals surface area contributed by atoms with Crippen LogP contribution in [0.15, 0.2) is 0 Å². The maximum Gasteiger partial charge on any atom is 0.150 e. The van der Waals surface area contributed by atoms with Crippen molar-refractivity contribution in [3.63, 3.8) is 0 Å². The molecule has 1 aromatic rings. The molecule has 1 aliphatic rings. The molecule has 0 saturated heterocycles. The van der Waals surface area contributed by atoms with Gasteiger partial charge in [0.15, 0.2) is 5.82 Å². The maximum atomic E-state index is 6.02. The Hall–Kier alpha value is -0.900. The van der Waals surface area contributed by atoms with E-state index in [1.807, 2.05) is 0 Å². The number of hydrogen-bond donors (Lipinski definition) is 1. The molecule has 20 heavy (non-hydrogen) atoms.